The lowest BCUT2D eigenvalue weighted by molar-refractivity contribution is 0.799. The van der Waals surface area contributed by atoms with Gasteiger partial charge in [-0.15, -0.1) is 0 Å². The molecule has 0 N–H and O–H groups in total. The Morgan fingerprint density at radius 2 is 0.885 bits per heavy atom. The summed E-state index contributed by atoms with van der Waals surface area (Å²) in [5, 5.41) is 0. The van der Waals surface area contributed by atoms with Crippen LogP contribution in [-0.2, 0) is 5.41 Å². The third-order valence-corrected chi connectivity index (χ3v) is 6.22. The van der Waals surface area contributed by atoms with Gasteiger partial charge in [-0.25, -0.2) is 0 Å². The van der Waals surface area contributed by atoms with Crippen molar-refractivity contribution < 1.29 is 0 Å². The van der Waals surface area contributed by atoms with Crippen LogP contribution in [0.5, 0.6) is 0 Å². The third kappa shape index (κ3) is 1.44. The van der Waals surface area contributed by atoms with E-state index in [0.29, 0.717) is 0 Å². The minimum Gasteiger partial charge on any atom is -0.0836 e. The fourth-order valence-corrected chi connectivity index (χ4v) is 5.36. The highest BCUT2D eigenvalue weighted by Crippen LogP contribution is 2.61. The molecule has 0 radical (unpaired) electrons. The summed E-state index contributed by atoms with van der Waals surface area (Å²) in [4.78, 5) is 0. The van der Waals surface area contributed by atoms with Gasteiger partial charge in [0, 0.05) is 0 Å². The van der Waals surface area contributed by atoms with Crippen molar-refractivity contribution in [2.45, 2.75) is 5.41 Å². The van der Waals surface area contributed by atoms with Crippen molar-refractivity contribution in [2.24, 2.45) is 0 Å². The van der Waals surface area contributed by atoms with Gasteiger partial charge in [-0.05, 0) is 44.5 Å². The Morgan fingerprint density at radius 3 is 1.42 bits per heavy atom. The monoisotopic (exact) mass is 328 g/mol. The molecule has 0 amide bonds. The largest absolute Gasteiger partial charge is 0.139 e. The van der Waals surface area contributed by atoms with Crippen LogP contribution in [-0.4, -0.2) is 7.85 Å². The van der Waals surface area contributed by atoms with Crippen LogP contribution >= 0.6 is 0 Å². The van der Waals surface area contributed by atoms with Crippen molar-refractivity contribution in [2.75, 3.05) is 0 Å². The van der Waals surface area contributed by atoms with Gasteiger partial charge in [0.1, 0.15) is 7.85 Å². The molecule has 120 valence electrons. The van der Waals surface area contributed by atoms with Crippen molar-refractivity contribution in [3.05, 3.63) is 113 Å². The predicted octanol–water partition coefficient (Wildman–Crippen LogP) is 4.29. The highest BCUT2D eigenvalue weighted by Gasteiger charge is 2.51. The van der Waals surface area contributed by atoms with E-state index in [4.69, 9.17) is 0 Å². The maximum absolute atomic E-state index is 2.33. The standard InChI is InChI=1S/C25H17B/c26-23-15-7-11-19-18-10-3-6-14-22(18)25(24(19)23)20-12-4-1-8-16(20)17-9-2-5-13-21(17)25/h1-15H,26H2. The molecule has 0 saturated heterocycles. The first kappa shape index (κ1) is 14.1. The molecular formula is C25H17B. The SMILES string of the molecule is Bc1cccc2c1C1(c3ccccc3-c3ccccc31)c1ccccc1-2. The van der Waals surface area contributed by atoms with Gasteiger partial charge in [0.2, 0.25) is 0 Å². The maximum atomic E-state index is 2.33. The second kappa shape index (κ2) is 4.77. The molecule has 0 nitrogen and oxygen atoms in total. The Balaban J connectivity index is 1.90. The quantitative estimate of drug-likeness (QED) is 0.365. The molecule has 1 heteroatoms. The molecule has 2 aliphatic carbocycles. The zero-order valence-corrected chi connectivity index (χ0v) is 14.7. The summed E-state index contributed by atoms with van der Waals surface area (Å²) >= 11 is 0. The molecule has 0 heterocycles. The van der Waals surface area contributed by atoms with Gasteiger partial charge in [-0.3, -0.25) is 0 Å². The van der Waals surface area contributed by atoms with Crippen LogP contribution < -0.4 is 5.46 Å². The first-order chi connectivity index (χ1) is 12.8. The first-order valence-corrected chi connectivity index (χ1v) is 9.23. The Hall–Kier alpha value is -3.06. The van der Waals surface area contributed by atoms with E-state index >= 15 is 0 Å². The maximum Gasteiger partial charge on any atom is 0.139 e. The summed E-state index contributed by atoms with van der Waals surface area (Å²) < 4.78 is 0. The van der Waals surface area contributed by atoms with Crippen LogP contribution in [0.25, 0.3) is 22.3 Å². The lowest BCUT2D eigenvalue weighted by Gasteiger charge is -2.31. The van der Waals surface area contributed by atoms with Crippen molar-refractivity contribution >= 4 is 13.3 Å². The second-order valence-corrected chi connectivity index (χ2v) is 7.38. The molecule has 26 heavy (non-hydrogen) atoms. The Labute approximate surface area is 154 Å². The summed E-state index contributed by atoms with van der Waals surface area (Å²) in [5.74, 6) is 0. The van der Waals surface area contributed by atoms with Gasteiger partial charge in [0.05, 0.1) is 5.41 Å². The van der Waals surface area contributed by atoms with Crippen molar-refractivity contribution in [3.8, 4) is 22.3 Å². The van der Waals surface area contributed by atoms with Crippen molar-refractivity contribution in [1.82, 2.24) is 0 Å². The van der Waals surface area contributed by atoms with E-state index in [2.05, 4.69) is 98.8 Å². The Bertz CT molecular complexity index is 1140. The van der Waals surface area contributed by atoms with E-state index < -0.39 is 0 Å². The Kier molecular flexibility index (Phi) is 2.59. The van der Waals surface area contributed by atoms with Gasteiger partial charge in [-0.2, -0.15) is 0 Å². The smallest absolute Gasteiger partial charge is 0.0836 e. The normalized spacial score (nSPS) is 14.6. The minimum atomic E-state index is -0.190. The highest BCUT2D eigenvalue weighted by molar-refractivity contribution is 6.34. The van der Waals surface area contributed by atoms with Crippen LogP contribution in [0.2, 0.25) is 0 Å². The molecule has 0 saturated carbocycles. The number of hydrogen-bond acceptors (Lipinski definition) is 0. The van der Waals surface area contributed by atoms with Crippen molar-refractivity contribution in [1.29, 1.82) is 0 Å². The Morgan fingerprint density at radius 1 is 0.462 bits per heavy atom. The molecule has 4 aromatic rings. The molecule has 0 unspecified atom stereocenters. The van der Waals surface area contributed by atoms with E-state index in [1.165, 1.54) is 50.0 Å². The van der Waals surface area contributed by atoms with E-state index in [0.717, 1.165) is 0 Å². The summed E-state index contributed by atoms with van der Waals surface area (Å²) in [6, 6.07) is 33.6. The van der Waals surface area contributed by atoms with E-state index in [-0.39, 0.29) is 5.41 Å². The van der Waals surface area contributed by atoms with Crippen LogP contribution in [0.3, 0.4) is 0 Å². The van der Waals surface area contributed by atoms with Gasteiger partial charge in [0.15, 0.2) is 0 Å². The van der Waals surface area contributed by atoms with Crippen LogP contribution in [0.1, 0.15) is 22.3 Å². The lowest BCUT2D eigenvalue weighted by atomic mass is 9.67. The van der Waals surface area contributed by atoms with Gasteiger partial charge in [-0.1, -0.05) is 96.5 Å². The number of rotatable bonds is 0. The summed E-state index contributed by atoms with van der Waals surface area (Å²) in [7, 11) is 2.26. The average molecular weight is 328 g/mol. The molecule has 0 fully saturated rings. The highest BCUT2D eigenvalue weighted by atomic mass is 14.5. The van der Waals surface area contributed by atoms with Crippen LogP contribution in [0.4, 0.5) is 0 Å². The minimum absolute atomic E-state index is 0.190. The first-order valence-electron chi connectivity index (χ1n) is 9.23. The summed E-state index contributed by atoms with van der Waals surface area (Å²) in [5.41, 5.74) is 12.4. The molecule has 4 aromatic carbocycles. The molecule has 0 aromatic heterocycles. The number of benzene rings is 4. The molecule has 0 aliphatic heterocycles. The zero-order chi connectivity index (χ0) is 17.3. The molecule has 2 aliphatic rings. The molecule has 0 atom stereocenters. The molecule has 6 rings (SSSR count). The zero-order valence-electron chi connectivity index (χ0n) is 14.7. The lowest BCUT2D eigenvalue weighted by Crippen LogP contribution is -2.31. The fourth-order valence-electron chi connectivity index (χ4n) is 5.36. The summed E-state index contributed by atoms with van der Waals surface area (Å²) in [6.45, 7) is 0. The number of fused-ring (bicyclic) bond motifs is 10. The molecular weight excluding hydrogens is 311 g/mol. The van der Waals surface area contributed by atoms with Crippen LogP contribution in [0, 0.1) is 0 Å². The van der Waals surface area contributed by atoms with E-state index in [1.807, 2.05) is 0 Å². The summed E-state index contributed by atoms with van der Waals surface area (Å²) in [6.07, 6.45) is 0. The predicted molar refractivity (Wildman–Crippen MR) is 111 cm³/mol. The van der Waals surface area contributed by atoms with Gasteiger partial charge >= 0.3 is 0 Å². The van der Waals surface area contributed by atoms with Crippen molar-refractivity contribution in [3.63, 3.8) is 0 Å². The fraction of sp³-hybridized carbons (Fsp3) is 0.0400. The van der Waals surface area contributed by atoms with E-state index in [9.17, 15) is 0 Å². The number of hydrogen-bond donors (Lipinski definition) is 0. The van der Waals surface area contributed by atoms with Crippen LogP contribution in [0.15, 0.2) is 91.0 Å². The molecule has 0 bridgehead atoms. The third-order valence-electron chi connectivity index (χ3n) is 6.22. The van der Waals surface area contributed by atoms with Gasteiger partial charge in [0.25, 0.3) is 0 Å². The van der Waals surface area contributed by atoms with Gasteiger partial charge < -0.3 is 0 Å². The van der Waals surface area contributed by atoms with E-state index in [1.54, 1.807) is 0 Å². The topological polar surface area (TPSA) is 0 Å². The average Bonchev–Trinajstić information content (AvgIpc) is 3.16. The molecule has 1 spiro atoms. The second-order valence-electron chi connectivity index (χ2n) is 7.38.